The zero-order chi connectivity index (χ0) is 15.4. The molecule has 0 saturated carbocycles. The second-order valence-electron chi connectivity index (χ2n) is 4.28. The molecule has 1 aromatic heterocycles. The van der Waals surface area contributed by atoms with Gasteiger partial charge in [0, 0.05) is 0 Å². The fraction of sp³-hybridized carbons (Fsp3) is 0.143. The van der Waals surface area contributed by atoms with Crippen LogP contribution in [-0.4, -0.2) is 17.0 Å². The molecule has 1 amide bonds. The average molecular weight is 312 g/mol. The summed E-state index contributed by atoms with van der Waals surface area (Å²) in [6.45, 7) is 0. The Morgan fingerprint density at radius 2 is 1.90 bits per heavy atom. The highest BCUT2D eigenvalue weighted by Crippen LogP contribution is 2.19. The lowest BCUT2D eigenvalue weighted by molar-refractivity contribution is -0.137. The van der Waals surface area contributed by atoms with Crippen LogP contribution in [0.15, 0.2) is 40.8 Å². The Balaban J connectivity index is 2.18. The second-order valence-corrected chi connectivity index (χ2v) is 4.65. The van der Waals surface area contributed by atoms with E-state index in [1.165, 1.54) is 36.4 Å². The Bertz CT molecular complexity index is 653. The van der Waals surface area contributed by atoms with Crippen LogP contribution in [0.4, 0.5) is 4.39 Å². The van der Waals surface area contributed by atoms with Crippen molar-refractivity contribution in [3.63, 3.8) is 0 Å². The van der Waals surface area contributed by atoms with Gasteiger partial charge in [-0.1, -0.05) is 12.1 Å². The van der Waals surface area contributed by atoms with Crippen LogP contribution in [-0.2, 0) is 4.79 Å². The number of benzene rings is 1. The van der Waals surface area contributed by atoms with E-state index in [9.17, 15) is 14.0 Å². The minimum absolute atomic E-state index is 0.0301. The minimum Gasteiger partial charge on any atom is -0.481 e. The van der Waals surface area contributed by atoms with Crippen molar-refractivity contribution in [2.45, 2.75) is 12.5 Å². The number of hydrogen-bond donors (Lipinski definition) is 2. The Morgan fingerprint density at radius 1 is 1.24 bits per heavy atom. The molecule has 1 aromatic carbocycles. The smallest absolute Gasteiger partial charge is 0.305 e. The van der Waals surface area contributed by atoms with Crippen molar-refractivity contribution in [2.75, 3.05) is 0 Å². The molecule has 7 heteroatoms. The third kappa shape index (κ3) is 4.06. The number of carbonyl (C=O) groups excluding carboxylic acids is 1. The molecule has 0 bridgehead atoms. The van der Waals surface area contributed by atoms with Gasteiger partial charge in [0.15, 0.2) is 11.0 Å². The predicted octanol–water partition coefficient (Wildman–Crippen LogP) is 3.02. The molecule has 2 aromatic rings. The van der Waals surface area contributed by atoms with Crippen molar-refractivity contribution in [2.24, 2.45) is 0 Å². The Labute approximate surface area is 124 Å². The molecule has 1 atom stereocenters. The van der Waals surface area contributed by atoms with Crippen molar-refractivity contribution < 1.29 is 23.5 Å². The number of furan rings is 1. The van der Waals surface area contributed by atoms with E-state index in [2.05, 4.69) is 5.32 Å². The van der Waals surface area contributed by atoms with Gasteiger partial charge in [-0.25, -0.2) is 4.39 Å². The summed E-state index contributed by atoms with van der Waals surface area (Å²) < 4.78 is 17.9. The number of carboxylic acids is 1. The third-order valence-corrected chi connectivity index (χ3v) is 2.96. The zero-order valence-electron chi connectivity index (χ0n) is 10.7. The van der Waals surface area contributed by atoms with E-state index in [0.29, 0.717) is 5.56 Å². The molecule has 0 saturated heterocycles. The van der Waals surface area contributed by atoms with Crippen molar-refractivity contribution >= 4 is 23.5 Å². The number of amides is 1. The van der Waals surface area contributed by atoms with Crippen LogP contribution in [0.1, 0.15) is 28.6 Å². The van der Waals surface area contributed by atoms with E-state index in [-0.39, 0.29) is 17.4 Å². The lowest BCUT2D eigenvalue weighted by atomic mass is 10.0. The number of carboxylic acid groups (broad SMARTS) is 1. The first-order valence-electron chi connectivity index (χ1n) is 5.99. The van der Waals surface area contributed by atoms with Crippen LogP contribution < -0.4 is 5.32 Å². The van der Waals surface area contributed by atoms with Crippen LogP contribution in [0, 0.1) is 5.82 Å². The monoisotopic (exact) mass is 311 g/mol. The number of rotatable bonds is 5. The molecule has 1 heterocycles. The highest BCUT2D eigenvalue weighted by atomic mass is 35.5. The van der Waals surface area contributed by atoms with Gasteiger partial charge in [0.2, 0.25) is 0 Å². The molecular weight excluding hydrogens is 301 g/mol. The van der Waals surface area contributed by atoms with Crippen LogP contribution in [0.3, 0.4) is 0 Å². The van der Waals surface area contributed by atoms with Crippen molar-refractivity contribution in [1.29, 1.82) is 0 Å². The van der Waals surface area contributed by atoms with Crippen molar-refractivity contribution in [3.8, 4) is 0 Å². The van der Waals surface area contributed by atoms with E-state index in [0.717, 1.165) is 0 Å². The molecule has 110 valence electrons. The van der Waals surface area contributed by atoms with Gasteiger partial charge in [-0.3, -0.25) is 9.59 Å². The maximum atomic E-state index is 12.9. The fourth-order valence-corrected chi connectivity index (χ4v) is 1.93. The molecule has 5 nitrogen and oxygen atoms in total. The van der Waals surface area contributed by atoms with Gasteiger partial charge in [0.1, 0.15) is 5.82 Å². The normalized spacial score (nSPS) is 11.9. The number of nitrogens with one attached hydrogen (secondary N) is 1. The quantitative estimate of drug-likeness (QED) is 0.889. The SMILES string of the molecule is O=C(O)C[C@@H](NC(=O)c1ccc(Cl)o1)c1ccc(F)cc1. The maximum absolute atomic E-state index is 12.9. The van der Waals surface area contributed by atoms with Gasteiger partial charge in [0.25, 0.3) is 5.91 Å². The molecule has 0 aliphatic rings. The molecule has 0 fully saturated rings. The van der Waals surface area contributed by atoms with Crippen LogP contribution >= 0.6 is 11.6 Å². The summed E-state index contributed by atoms with van der Waals surface area (Å²) in [5, 5.41) is 11.5. The molecule has 0 aliphatic carbocycles. The van der Waals surface area contributed by atoms with Crippen LogP contribution in [0.25, 0.3) is 0 Å². The second kappa shape index (κ2) is 6.41. The van der Waals surface area contributed by atoms with Gasteiger partial charge in [-0.2, -0.15) is 0 Å². The zero-order valence-corrected chi connectivity index (χ0v) is 11.4. The first kappa shape index (κ1) is 15.1. The highest BCUT2D eigenvalue weighted by Gasteiger charge is 2.20. The summed E-state index contributed by atoms with van der Waals surface area (Å²) in [6, 6.07) is 7.19. The van der Waals surface area contributed by atoms with E-state index < -0.39 is 23.7 Å². The van der Waals surface area contributed by atoms with Gasteiger partial charge in [-0.15, -0.1) is 0 Å². The molecule has 0 radical (unpaired) electrons. The standard InChI is InChI=1S/C14H11ClFNO4/c15-12-6-5-11(21-12)14(20)17-10(7-13(18)19)8-1-3-9(16)4-2-8/h1-6,10H,7H2,(H,17,20)(H,18,19)/t10-/m1/s1. The summed E-state index contributed by atoms with van der Waals surface area (Å²) in [6.07, 6.45) is -0.341. The molecule has 2 N–H and O–H groups in total. The minimum atomic E-state index is -1.10. The van der Waals surface area contributed by atoms with Crippen molar-refractivity contribution in [3.05, 3.63) is 58.8 Å². The summed E-state index contributed by atoms with van der Waals surface area (Å²) in [5.74, 6) is -2.17. The topological polar surface area (TPSA) is 79.5 Å². The summed E-state index contributed by atoms with van der Waals surface area (Å²) in [5.41, 5.74) is 0.477. The number of aliphatic carboxylic acids is 1. The summed E-state index contributed by atoms with van der Waals surface area (Å²) in [4.78, 5) is 22.9. The van der Waals surface area contributed by atoms with E-state index in [1.54, 1.807) is 0 Å². The van der Waals surface area contributed by atoms with Gasteiger partial charge >= 0.3 is 5.97 Å². The predicted molar refractivity (Wildman–Crippen MR) is 72.6 cm³/mol. The number of carbonyl (C=O) groups is 2. The van der Waals surface area contributed by atoms with E-state index in [4.69, 9.17) is 21.1 Å². The summed E-state index contributed by atoms with van der Waals surface area (Å²) in [7, 11) is 0. The highest BCUT2D eigenvalue weighted by molar-refractivity contribution is 6.29. The Kier molecular flexibility index (Phi) is 4.59. The molecule has 0 unspecified atom stereocenters. The average Bonchev–Trinajstić information content (AvgIpc) is 2.85. The molecule has 2 rings (SSSR count). The number of halogens is 2. The lowest BCUT2D eigenvalue weighted by Gasteiger charge is -2.16. The number of hydrogen-bond acceptors (Lipinski definition) is 3. The lowest BCUT2D eigenvalue weighted by Crippen LogP contribution is -2.29. The van der Waals surface area contributed by atoms with Gasteiger partial charge < -0.3 is 14.8 Å². The van der Waals surface area contributed by atoms with Gasteiger partial charge in [-0.05, 0) is 41.4 Å². The van der Waals surface area contributed by atoms with Crippen LogP contribution in [0.5, 0.6) is 0 Å². The Hall–Kier alpha value is -2.34. The molecule has 21 heavy (non-hydrogen) atoms. The largest absolute Gasteiger partial charge is 0.481 e. The van der Waals surface area contributed by atoms with Crippen molar-refractivity contribution in [1.82, 2.24) is 5.32 Å². The molecular formula is C14H11ClFNO4. The fourth-order valence-electron chi connectivity index (χ4n) is 1.79. The first-order valence-corrected chi connectivity index (χ1v) is 6.37. The van der Waals surface area contributed by atoms with Crippen LogP contribution in [0.2, 0.25) is 5.22 Å². The third-order valence-electron chi connectivity index (χ3n) is 2.75. The first-order chi connectivity index (χ1) is 9.95. The van der Waals surface area contributed by atoms with E-state index >= 15 is 0 Å². The summed E-state index contributed by atoms with van der Waals surface area (Å²) >= 11 is 5.58. The molecule has 0 aliphatic heterocycles. The molecule has 0 spiro atoms. The maximum Gasteiger partial charge on any atom is 0.305 e. The van der Waals surface area contributed by atoms with Gasteiger partial charge in [0.05, 0.1) is 12.5 Å². The van der Waals surface area contributed by atoms with E-state index in [1.807, 2.05) is 0 Å². The Morgan fingerprint density at radius 3 is 2.43 bits per heavy atom.